The Hall–Kier alpha value is -2.30. The smallest absolute Gasteiger partial charge is 0.339 e. The van der Waals surface area contributed by atoms with Crippen LogP contribution >= 0.6 is 0 Å². The van der Waals surface area contributed by atoms with Gasteiger partial charge >= 0.3 is 5.97 Å². The number of piperazine rings is 1. The van der Waals surface area contributed by atoms with Crippen LogP contribution in [0.15, 0.2) is 35.5 Å². The number of ether oxygens (including phenoxy) is 1. The molecule has 140 valence electrons. The molecule has 1 unspecified atom stereocenters. The molecule has 1 fully saturated rings. The number of methoxy groups -OCH3 is 1. The maximum Gasteiger partial charge on any atom is 0.339 e. The van der Waals surface area contributed by atoms with Crippen molar-refractivity contribution in [2.75, 3.05) is 26.7 Å². The normalized spacial score (nSPS) is 18.7. The minimum Gasteiger partial charge on any atom is -0.465 e. The molecular weight excluding hydrogens is 363 g/mol. The number of esters is 1. The zero-order chi connectivity index (χ0) is 18.9. The van der Waals surface area contributed by atoms with Crippen LogP contribution < -0.4 is 5.32 Å². The summed E-state index contributed by atoms with van der Waals surface area (Å²) in [6.45, 7) is 0.951. The molecule has 2 aromatic rings. The molecule has 0 aliphatic carbocycles. The van der Waals surface area contributed by atoms with Crippen molar-refractivity contribution in [1.29, 1.82) is 0 Å². The molecule has 1 aliphatic rings. The van der Waals surface area contributed by atoms with Crippen molar-refractivity contribution < 1.29 is 22.3 Å². The number of halogens is 1. The number of carbonyl (C=O) groups is 1. The van der Waals surface area contributed by atoms with E-state index in [0.717, 1.165) is 25.3 Å². The van der Waals surface area contributed by atoms with Gasteiger partial charge in [-0.3, -0.25) is 0 Å². The number of imidazole rings is 1. The van der Waals surface area contributed by atoms with Crippen LogP contribution in [0.25, 0.3) is 0 Å². The fourth-order valence-corrected chi connectivity index (χ4v) is 4.79. The summed E-state index contributed by atoms with van der Waals surface area (Å²) in [4.78, 5) is 15.8. The summed E-state index contributed by atoms with van der Waals surface area (Å²) in [6.07, 6.45) is 3.30. The first-order valence-electron chi connectivity index (χ1n) is 7.94. The number of sulfonamides is 1. The van der Waals surface area contributed by atoms with Gasteiger partial charge in [0.05, 0.1) is 23.6 Å². The number of nitrogens with zero attached hydrogens (tertiary/aromatic N) is 3. The number of carbonyl (C=O) groups excluding carboxylic acids is 1. The van der Waals surface area contributed by atoms with Crippen LogP contribution in [0.5, 0.6) is 0 Å². The van der Waals surface area contributed by atoms with Gasteiger partial charge in [-0.2, -0.15) is 4.31 Å². The fraction of sp³-hybridized carbons (Fsp3) is 0.375. The summed E-state index contributed by atoms with van der Waals surface area (Å²) < 4.78 is 48.0. The Labute approximate surface area is 150 Å². The van der Waals surface area contributed by atoms with Crippen molar-refractivity contribution in [3.05, 3.63) is 47.8 Å². The molecule has 0 spiro atoms. The van der Waals surface area contributed by atoms with Crippen molar-refractivity contribution in [3.8, 4) is 0 Å². The Morgan fingerprint density at radius 2 is 2.19 bits per heavy atom. The minimum atomic E-state index is -4.16. The Kier molecular flexibility index (Phi) is 5.08. The molecule has 10 heteroatoms. The second-order valence-electron chi connectivity index (χ2n) is 5.86. The third-order valence-electron chi connectivity index (χ3n) is 4.29. The predicted octanol–water partition coefficient (Wildman–Crippen LogP) is 0.681. The van der Waals surface area contributed by atoms with Gasteiger partial charge in [0, 0.05) is 39.1 Å². The van der Waals surface area contributed by atoms with E-state index >= 15 is 0 Å². The molecule has 1 N–H and O–H groups in total. The van der Waals surface area contributed by atoms with E-state index < -0.39 is 32.7 Å². The van der Waals surface area contributed by atoms with Gasteiger partial charge in [0.25, 0.3) is 0 Å². The lowest BCUT2D eigenvalue weighted by Crippen LogP contribution is -2.49. The molecule has 0 bridgehead atoms. The van der Waals surface area contributed by atoms with Crippen molar-refractivity contribution >= 4 is 16.0 Å². The van der Waals surface area contributed by atoms with E-state index in [1.807, 2.05) is 0 Å². The molecule has 8 nitrogen and oxygen atoms in total. The van der Waals surface area contributed by atoms with Crippen LogP contribution in [0.3, 0.4) is 0 Å². The number of hydrogen-bond acceptors (Lipinski definition) is 6. The zero-order valence-electron chi connectivity index (χ0n) is 14.3. The maximum absolute atomic E-state index is 13.8. The monoisotopic (exact) mass is 382 g/mol. The molecule has 0 saturated carbocycles. The van der Waals surface area contributed by atoms with Crippen LogP contribution in [0.4, 0.5) is 4.39 Å². The average molecular weight is 382 g/mol. The Bertz CT molecular complexity index is 928. The van der Waals surface area contributed by atoms with E-state index in [2.05, 4.69) is 15.0 Å². The molecule has 26 heavy (non-hydrogen) atoms. The summed E-state index contributed by atoms with van der Waals surface area (Å²) in [5, 5.41) is 3.14. The van der Waals surface area contributed by atoms with E-state index in [1.54, 1.807) is 24.0 Å². The van der Waals surface area contributed by atoms with Crippen LogP contribution in [0.2, 0.25) is 0 Å². The number of rotatable bonds is 4. The molecule has 0 amide bonds. The third-order valence-corrected chi connectivity index (χ3v) is 6.23. The van der Waals surface area contributed by atoms with Gasteiger partial charge in [-0.15, -0.1) is 0 Å². The van der Waals surface area contributed by atoms with Gasteiger partial charge in [-0.1, -0.05) is 0 Å². The number of aryl methyl sites for hydroxylation is 1. The highest BCUT2D eigenvalue weighted by molar-refractivity contribution is 7.89. The molecular formula is C16H19FN4O4S. The van der Waals surface area contributed by atoms with Gasteiger partial charge < -0.3 is 14.6 Å². The van der Waals surface area contributed by atoms with Crippen LogP contribution in [0.1, 0.15) is 22.2 Å². The Balaban J connectivity index is 2.11. The molecule has 1 aromatic heterocycles. The first-order chi connectivity index (χ1) is 12.4. The third kappa shape index (κ3) is 3.22. The van der Waals surface area contributed by atoms with Gasteiger partial charge in [0.2, 0.25) is 10.0 Å². The van der Waals surface area contributed by atoms with Crippen molar-refractivity contribution in [1.82, 2.24) is 19.2 Å². The molecule has 3 rings (SSSR count). The summed E-state index contributed by atoms with van der Waals surface area (Å²) in [5.41, 5.74) is -0.203. The SMILES string of the molecule is COC(=O)c1ccc(F)cc1S(=O)(=O)N1CCNCC1c1nccn1C. The lowest BCUT2D eigenvalue weighted by Gasteiger charge is -2.35. The van der Waals surface area contributed by atoms with Crippen molar-refractivity contribution in [3.63, 3.8) is 0 Å². The van der Waals surface area contributed by atoms with E-state index in [1.165, 1.54) is 4.31 Å². The standard InChI is InChI=1S/C16H19FN4O4S/c1-20-7-6-19-15(20)13-10-18-5-8-21(13)26(23,24)14-9-11(17)3-4-12(14)16(22)25-2/h3-4,6-7,9,13,18H,5,8,10H2,1-2H3. The van der Waals surface area contributed by atoms with Crippen LogP contribution in [-0.4, -0.2) is 55.0 Å². The Morgan fingerprint density at radius 1 is 1.42 bits per heavy atom. The summed E-state index contributed by atoms with van der Waals surface area (Å²) in [5.74, 6) is -1.04. The van der Waals surface area contributed by atoms with Crippen molar-refractivity contribution in [2.45, 2.75) is 10.9 Å². The minimum absolute atomic E-state index is 0.164. The maximum atomic E-state index is 13.8. The lowest BCUT2D eigenvalue weighted by atomic mass is 10.2. The second kappa shape index (κ2) is 7.14. The highest BCUT2D eigenvalue weighted by atomic mass is 32.2. The van der Waals surface area contributed by atoms with E-state index in [9.17, 15) is 17.6 Å². The molecule has 0 radical (unpaired) electrons. The van der Waals surface area contributed by atoms with Crippen molar-refractivity contribution in [2.24, 2.45) is 7.05 Å². The second-order valence-corrected chi connectivity index (χ2v) is 7.72. The van der Waals surface area contributed by atoms with E-state index in [4.69, 9.17) is 0 Å². The number of hydrogen-bond donors (Lipinski definition) is 1. The van der Waals surface area contributed by atoms with E-state index in [-0.39, 0.29) is 12.1 Å². The first-order valence-corrected chi connectivity index (χ1v) is 9.38. The molecule has 1 atom stereocenters. The predicted molar refractivity (Wildman–Crippen MR) is 90.5 cm³/mol. The largest absolute Gasteiger partial charge is 0.465 e. The van der Waals surface area contributed by atoms with Crippen LogP contribution in [0, 0.1) is 5.82 Å². The lowest BCUT2D eigenvalue weighted by molar-refractivity contribution is 0.0596. The van der Waals surface area contributed by atoms with Gasteiger partial charge in [0.15, 0.2) is 0 Å². The number of nitrogens with one attached hydrogen (secondary N) is 1. The summed E-state index contributed by atoms with van der Waals surface area (Å²) in [7, 11) is -1.25. The summed E-state index contributed by atoms with van der Waals surface area (Å²) in [6, 6.07) is 2.41. The topological polar surface area (TPSA) is 93.5 Å². The summed E-state index contributed by atoms with van der Waals surface area (Å²) >= 11 is 0. The highest BCUT2D eigenvalue weighted by Gasteiger charge is 2.38. The molecule has 1 saturated heterocycles. The molecule has 1 aliphatic heterocycles. The van der Waals surface area contributed by atoms with E-state index in [0.29, 0.717) is 18.9 Å². The molecule has 1 aromatic carbocycles. The quantitative estimate of drug-likeness (QED) is 0.782. The average Bonchev–Trinajstić information content (AvgIpc) is 3.06. The highest BCUT2D eigenvalue weighted by Crippen LogP contribution is 2.30. The van der Waals surface area contributed by atoms with Crippen LogP contribution in [-0.2, 0) is 21.8 Å². The number of aromatic nitrogens is 2. The fourth-order valence-electron chi connectivity index (χ4n) is 3.01. The molecule has 2 heterocycles. The van der Waals surface area contributed by atoms with Gasteiger partial charge in [-0.05, 0) is 18.2 Å². The zero-order valence-corrected chi connectivity index (χ0v) is 15.2. The Morgan fingerprint density at radius 3 is 2.85 bits per heavy atom. The first kappa shape index (κ1) is 18.5. The van der Waals surface area contributed by atoms with Gasteiger partial charge in [-0.25, -0.2) is 22.6 Å². The number of benzene rings is 1. The van der Waals surface area contributed by atoms with Gasteiger partial charge in [0.1, 0.15) is 11.6 Å².